The minimum Gasteiger partial charge on any atom is -0.491 e. The van der Waals surface area contributed by atoms with Crippen LogP contribution < -0.4 is 4.74 Å². The number of aliphatic hydroxyl groups is 1. The number of aromatic nitrogens is 1. The number of hydrogen-bond acceptors (Lipinski definition) is 4. The Morgan fingerprint density at radius 3 is 2.96 bits per heavy atom. The molecule has 1 aliphatic heterocycles. The molecule has 23 heavy (non-hydrogen) atoms. The zero-order chi connectivity index (χ0) is 16.4. The summed E-state index contributed by atoms with van der Waals surface area (Å²) in [4.78, 5) is 18.2. The van der Waals surface area contributed by atoms with Gasteiger partial charge in [0, 0.05) is 33.6 Å². The molecule has 7 heteroatoms. The van der Waals surface area contributed by atoms with Gasteiger partial charge in [0.2, 0.25) is 0 Å². The van der Waals surface area contributed by atoms with Crippen LogP contribution in [0.1, 0.15) is 17.2 Å². The maximum Gasteiger partial charge on any atom is 0.256 e. The molecule has 1 atom stereocenters. The van der Waals surface area contributed by atoms with Crippen LogP contribution in [0.3, 0.4) is 0 Å². The molecule has 2 aromatic rings. The number of aliphatic hydroxyl groups excluding tert-OH is 1. The molecule has 2 heterocycles. The molecular formula is C16H14Cl2N2O3. The highest BCUT2D eigenvalue weighted by Gasteiger charge is 2.27. The Morgan fingerprint density at radius 2 is 2.17 bits per heavy atom. The van der Waals surface area contributed by atoms with Crippen molar-refractivity contribution >= 4 is 29.1 Å². The van der Waals surface area contributed by atoms with Crippen molar-refractivity contribution in [3.63, 3.8) is 0 Å². The molecule has 1 amide bonds. The van der Waals surface area contributed by atoms with Crippen molar-refractivity contribution < 1.29 is 14.6 Å². The highest BCUT2D eigenvalue weighted by molar-refractivity contribution is 6.35. The molecule has 0 fully saturated rings. The molecule has 0 radical (unpaired) electrons. The van der Waals surface area contributed by atoms with Crippen LogP contribution in [0.5, 0.6) is 5.75 Å². The van der Waals surface area contributed by atoms with Crippen molar-refractivity contribution in [3.05, 3.63) is 57.8 Å². The number of pyridine rings is 1. The van der Waals surface area contributed by atoms with Crippen LogP contribution in [0.4, 0.5) is 0 Å². The third kappa shape index (κ3) is 3.42. The smallest absolute Gasteiger partial charge is 0.256 e. The van der Waals surface area contributed by atoms with Crippen LogP contribution in [0.2, 0.25) is 10.0 Å². The summed E-state index contributed by atoms with van der Waals surface area (Å²) in [6, 6.07) is 6.40. The molecule has 1 unspecified atom stereocenters. The summed E-state index contributed by atoms with van der Waals surface area (Å²) in [5.74, 6) is 0.267. The van der Waals surface area contributed by atoms with E-state index in [4.69, 9.17) is 27.9 Å². The maximum atomic E-state index is 12.6. The van der Waals surface area contributed by atoms with Gasteiger partial charge in [0.1, 0.15) is 12.4 Å². The van der Waals surface area contributed by atoms with E-state index in [1.165, 1.54) is 11.0 Å². The summed E-state index contributed by atoms with van der Waals surface area (Å²) in [7, 11) is 0. The lowest BCUT2D eigenvalue weighted by Crippen LogP contribution is -2.36. The Hall–Kier alpha value is -1.82. The van der Waals surface area contributed by atoms with E-state index in [1.807, 2.05) is 0 Å². The van der Waals surface area contributed by atoms with E-state index in [0.29, 0.717) is 36.0 Å². The van der Waals surface area contributed by atoms with Crippen LogP contribution in [0.15, 0.2) is 36.7 Å². The quantitative estimate of drug-likeness (QED) is 0.902. The Kier molecular flexibility index (Phi) is 4.71. The second kappa shape index (κ2) is 6.74. The van der Waals surface area contributed by atoms with Gasteiger partial charge < -0.3 is 14.7 Å². The van der Waals surface area contributed by atoms with E-state index in [0.717, 1.165) is 5.56 Å². The number of fused-ring (bicyclic) bond motifs is 1. The molecule has 0 saturated carbocycles. The predicted molar refractivity (Wildman–Crippen MR) is 86.6 cm³/mol. The van der Waals surface area contributed by atoms with E-state index in [1.54, 1.807) is 30.6 Å². The van der Waals surface area contributed by atoms with Crippen LogP contribution in [0.25, 0.3) is 0 Å². The standard InChI is InChI=1S/C16H14Cl2N2O3/c17-11-1-2-12(13(18)7-11)15(21)16(22)20-5-6-23-14-3-4-19-8-10(14)9-20/h1-4,7-8,15,21H,5-6,9H2. The van der Waals surface area contributed by atoms with Crippen LogP contribution in [-0.2, 0) is 11.3 Å². The lowest BCUT2D eigenvalue weighted by molar-refractivity contribution is -0.141. The highest BCUT2D eigenvalue weighted by Crippen LogP contribution is 2.29. The summed E-state index contributed by atoms with van der Waals surface area (Å²) in [6.45, 7) is 1.05. The Bertz CT molecular complexity index is 739. The monoisotopic (exact) mass is 352 g/mol. The first-order valence-electron chi connectivity index (χ1n) is 7.04. The lowest BCUT2D eigenvalue weighted by Gasteiger charge is -2.23. The molecule has 0 aliphatic carbocycles. The van der Waals surface area contributed by atoms with E-state index in [-0.39, 0.29) is 5.02 Å². The van der Waals surface area contributed by atoms with Gasteiger partial charge >= 0.3 is 0 Å². The summed E-state index contributed by atoms with van der Waals surface area (Å²) in [5.41, 5.74) is 1.13. The number of ether oxygens (including phenoxy) is 1. The molecule has 5 nitrogen and oxygen atoms in total. The van der Waals surface area contributed by atoms with Crippen molar-refractivity contribution in [2.24, 2.45) is 0 Å². The summed E-state index contributed by atoms with van der Waals surface area (Å²) >= 11 is 11.9. The molecule has 1 aromatic heterocycles. The number of benzene rings is 1. The molecule has 120 valence electrons. The Labute approximate surface area is 143 Å². The van der Waals surface area contributed by atoms with Gasteiger partial charge in [-0.05, 0) is 18.2 Å². The molecule has 1 N–H and O–H groups in total. The van der Waals surface area contributed by atoms with Crippen molar-refractivity contribution in [1.82, 2.24) is 9.88 Å². The molecule has 0 saturated heterocycles. The minimum atomic E-state index is -1.35. The molecule has 1 aromatic carbocycles. The third-order valence-electron chi connectivity index (χ3n) is 3.64. The highest BCUT2D eigenvalue weighted by atomic mass is 35.5. The predicted octanol–water partition coefficient (Wildman–Crippen LogP) is 2.84. The summed E-state index contributed by atoms with van der Waals surface area (Å²) in [6.07, 6.45) is 1.94. The van der Waals surface area contributed by atoms with Crippen LogP contribution in [-0.4, -0.2) is 34.0 Å². The van der Waals surface area contributed by atoms with Crippen molar-refractivity contribution in [2.75, 3.05) is 13.2 Å². The largest absolute Gasteiger partial charge is 0.491 e. The zero-order valence-corrected chi connectivity index (χ0v) is 13.6. The number of rotatable bonds is 2. The number of halogens is 2. The number of hydrogen-bond donors (Lipinski definition) is 1. The van der Waals surface area contributed by atoms with E-state index in [2.05, 4.69) is 4.98 Å². The minimum absolute atomic E-state index is 0.256. The molecule has 0 spiro atoms. The van der Waals surface area contributed by atoms with Gasteiger partial charge in [-0.25, -0.2) is 0 Å². The average Bonchev–Trinajstić information content (AvgIpc) is 2.76. The number of carbonyl (C=O) groups is 1. The third-order valence-corrected chi connectivity index (χ3v) is 4.20. The number of amides is 1. The fourth-order valence-electron chi connectivity index (χ4n) is 2.44. The second-order valence-electron chi connectivity index (χ2n) is 5.16. The van der Waals surface area contributed by atoms with Gasteiger partial charge in [0.05, 0.1) is 13.1 Å². The normalized spacial score (nSPS) is 15.3. The second-order valence-corrected chi connectivity index (χ2v) is 6.00. The fraction of sp³-hybridized carbons (Fsp3) is 0.250. The van der Waals surface area contributed by atoms with Crippen molar-refractivity contribution in [1.29, 1.82) is 0 Å². The first kappa shape index (κ1) is 16.1. The molecule has 1 aliphatic rings. The van der Waals surface area contributed by atoms with Gasteiger partial charge in [-0.2, -0.15) is 0 Å². The van der Waals surface area contributed by atoms with Gasteiger partial charge in [-0.15, -0.1) is 0 Å². The average molecular weight is 353 g/mol. The van der Waals surface area contributed by atoms with E-state index >= 15 is 0 Å². The lowest BCUT2D eigenvalue weighted by atomic mass is 10.1. The first-order chi connectivity index (χ1) is 11.1. The van der Waals surface area contributed by atoms with Gasteiger partial charge in [0.15, 0.2) is 6.10 Å². The van der Waals surface area contributed by atoms with E-state index in [9.17, 15) is 9.90 Å². The van der Waals surface area contributed by atoms with Crippen LogP contribution in [0, 0.1) is 0 Å². The number of nitrogens with zero attached hydrogens (tertiary/aromatic N) is 2. The van der Waals surface area contributed by atoms with Crippen molar-refractivity contribution in [3.8, 4) is 5.75 Å². The Balaban J connectivity index is 1.82. The topological polar surface area (TPSA) is 62.7 Å². The van der Waals surface area contributed by atoms with Gasteiger partial charge in [0.25, 0.3) is 5.91 Å². The number of carbonyl (C=O) groups excluding carboxylic acids is 1. The summed E-state index contributed by atoms with van der Waals surface area (Å²) < 4.78 is 5.59. The Morgan fingerprint density at radius 1 is 1.35 bits per heavy atom. The van der Waals surface area contributed by atoms with Crippen LogP contribution >= 0.6 is 23.2 Å². The SMILES string of the molecule is O=C(C(O)c1ccc(Cl)cc1Cl)N1CCOc2ccncc2C1. The van der Waals surface area contributed by atoms with Crippen molar-refractivity contribution in [2.45, 2.75) is 12.6 Å². The molecule has 3 rings (SSSR count). The summed E-state index contributed by atoms with van der Waals surface area (Å²) in [5, 5.41) is 11.1. The van der Waals surface area contributed by atoms with Gasteiger partial charge in [-0.3, -0.25) is 9.78 Å². The van der Waals surface area contributed by atoms with Gasteiger partial charge in [-0.1, -0.05) is 29.3 Å². The zero-order valence-electron chi connectivity index (χ0n) is 12.1. The first-order valence-corrected chi connectivity index (χ1v) is 7.79. The fourth-order valence-corrected chi connectivity index (χ4v) is 2.95. The molecule has 0 bridgehead atoms. The maximum absolute atomic E-state index is 12.6. The molecular weight excluding hydrogens is 339 g/mol. The van der Waals surface area contributed by atoms with E-state index < -0.39 is 12.0 Å².